The average Bonchev–Trinajstić information content (AvgIpc) is 2.86. The Morgan fingerprint density at radius 3 is 2.89 bits per heavy atom. The number of hydrogen-bond donors (Lipinski definition) is 1. The van der Waals surface area contributed by atoms with Gasteiger partial charge in [-0.1, -0.05) is 19.3 Å². The van der Waals surface area contributed by atoms with Gasteiger partial charge in [0.25, 0.3) is 0 Å². The molecule has 1 atom stereocenters. The molecule has 0 saturated heterocycles. The number of rotatable bonds is 7. The molecule has 0 aromatic carbocycles. The molecule has 1 aliphatic rings. The zero-order valence-corrected chi connectivity index (χ0v) is 12.3. The summed E-state index contributed by atoms with van der Waals surface area (Å²) in [6.45, 7) is 4.06. The Balaban J connectivity index is 1.55. The second kappa shape index (κ2) is 7.65. The van der Waals surface area contributed by atoms with Crippen LogP contribution in [0.3, 0.4) is 0 Å². The number of nitrogens with zero attached hydrogens (tertiary/aromatic N) is 2. The maximum atomic E-state index is 5.92. The quantitative estimate of drug-likeness (QED) is 0.771. The van der Waals surface area contributed by atoms with E-state index in [1.807, 2.05) is 17.9 Å². The Kier molecular flexibility index (Phi) is 5.86. The van der Waals surface area contributed by atoms with Crippen molar-refractivity contribution in [1.29, 1.82) is 0 Å². The third-order valence-electron chi connectivity index (χ3n) is 3.98. The van der Waals surface area contributed by atoms with Crippen LogP contribution in [0.1, 0.15) is 57.2 Å². The van der Waals surface area contributed by atoms with E-state index in [-0.39, 0.29) is 0 Å². The molecular weight excluding hydrogens is 238 g/mol. The summed E-state index contributed by atoms with van der Waals surface area (Å²) in [5.41, 5.74) is 1.23. The van der Waals surface area contributed by atoms with Crippen molar-refractivity contribution >= 4 is 0 Å². The molecule has 1 saturated carbocycles. The van der Waals surface area contributed by atoms with E-state index in [0.29, 0.717) is 12.1 Å². The van der Waals surface area contributed by atoms with Crippen LogP contribution in [0.2, 0.25) is 0 Å². The topological polar surface area (TPSA) is 39.1 Å². The van der Waals surface area contributed by atoms with E-state index in [4.69, 9.17) is 4.74 Å². The molecule has 0 radical (unpaired) electrons. The number of nitrogens with one attached hydrogen (secondary N) is 1. The van der Waals surface area contributed by atoms with Crippen molar-refractivity contribution in [3.8, 4) is 0 Å². The van der Waals surface area contributed by atoms with Gasteiger partial charge in [0.1, 0.15) is 0 Å². The number of aromatic nitrogens is 2. The van der Waals surface area contributed by atoms with Crippen molar-refractivity contribution in [3.05, 3.63) is 18.0 Å². The van der Waals surface area contributed by atoms with Gasteiger partial charge < -0.3 is 10.1 Å². The lowest BCUT2D eigenvalue weighted by molar-refractivity contribution is 0.0271. The van der Waals surface area contributed by atoms with Crippen LogP contribution < -0.4 is 5.32 Å². The summed E-state index contributed by atoms with van der Waals surface area (Å²) in [5, 5.41) is 7.72. The maximum absolute atomic E-state index is 5.92. The molecule has 0 spiro atoms. The monoisotopic (exact) mass is 265 g/mol. The van der Waals surface area contributed by atoms with Crippen LogP contribution in [0, 0.1) is 0 Å². The molecular formula is C15H27N3O. The number of hydrogen-bond acceptors (Lipinski definition) is 3. The van der Waals surface area contributed by atoms with Gasteiger partial charge in [-0.3, -0.25) is 4.68 Å². The molecule has 1 N–H and O–H groups in total. The predicted octanol–water partition coefficient (Wildman–Crippen LogP) is 2.81. The Labute approximate surface area is 116 Å². The van der Waals surface area contributed by atoms with E-state index >= 15 is 0 Å². The fraction of sp³-hybridized carbons (Fsp3) is 0.800. The van der Waals surface area contributed by atoms with E-state index in [9.17, 15) is 0 Å². The van der Waals surface area contributed by atoms with Gasteiger partial charge in [-0.05, 0) is 38.8 Å². The highest BCUT2D eigenvalue weighted by Gasteiger charge is 2.13. The molecule has 2 rings (SSSR count). The van der Waals surface area contributed by atoms with Crippen molar-refractivity contribution in [2.75, 3.05) is 13.2 Å². The molecule has 1 aromatic heterocycles. The second-order valence-corrected chi connectivity index (χ2v) is 5.54. The largest absolute Gasteiger partial charge is 0.378 e. The minimum absolute atomic E-state index is 0.349. The summed E-state index contributed by atoms with van der Waals surface area (Å²) >= 11 is 0. The van der Waals surface area contributed by atoms with Crippen LogP contribution in [-0.2, 0) is 11.8 Å². The number of aryl methyl sites for hydroxylation is 1. The minimum atomic E-state index is 0.349. The van der Waals surface area contributed by atoms with Crippen LogP contribution in [-0.4, -0.2) is 29.0 Å². The zero-order chi connectivity index (χ0) is 13.5. The van der Waals surface area contributed by atoms with Gasteiger partial charge in [0.15, 0.2) is 0 Å². The maximum Gasteiger partial charge on any atom is 0.0575 e. The van der Waals surface area contributed by atoms with Gasteiger partial charge in [-0.2, -0.15) is 5.10 Å². The standard InChI is InChI=1S/C15H27N3O/c1-13(15-9-11-17-18(15)2)16-10-6-12-19-14-7-4-3-5-8-14/h9,11,13-14,16H,3-8,10,12H2,1-2H3. The summed E-state index contributed by atoms with van der Waals surface area (Å²) in [6.07, 6.45) is 10.1. The first-order chi connectivity index (χ1) is 9.27. The Morgan fingerprint density at radius 1 is 1.42 bits per heavy atom. The summed E-state index contributed by atoms with van der Waals surface area (Å²) in [5.74, 6) is 0. The zero-order valence-electron chi connectivity index (χ0n) is 12.3. The lowest BCUT2D eigenvalue weighted by Gasteiger charge is -2.22. The predicted molar refractivity (Wildman–Crippen MR) is 77.1 cm³/mol. The van der Waals surface area contributed by atoms with Crippen molar-refractivity contribution in [1.82, 2.24) is 15.1 Å². The van der Waals surface area contributed by atoms with Crippen molar-refractivity contribution in [3.63, 3.8) is 0 Å². The van der Waals surface area contributed by atoms with Gasteiger partial charge in [0.05, 0.1) is 11.8 Å². The van der Waals surface area contributed by atoms with E-state index in [1.165, 1.54) is 37.8 Å². The third kappa shape index (κ3) is 4.62. The van der Waals surface area contributed by atoms with E-state index in [1.54, 1.807) is 0 Å². The summed E-state index contributed by atoms with van der Waals surface area (Å²) in [6, 6.07) is 2.41. The third-order valence-corrected chi connectivity index (χ3v) is 3.98. The van der Waals surface area contributed by atoms with Gasteiger partial charge in [-0.15, -0.1) is 0 Å². The van der Waals surface area contributed by atoms with Crippen LogP contribution in [0.25, 0.3) is 0 Å². The molecule has 1 aromatic rings. The van der Waals surface area contributed by atoms with Crippen LogP contribution in [0.5, 0.6) is 0 Å². The molecule has 0 amide bonds. The fourth-order valence-corrected chi connectivity index (χ4v) is 2.79. The Morgan fingerprint density at radius 2 is 2.21 bits per heavy atom. The lowest BCUT2D eigenvalue weighted by atomic mass is 9.98. The molecule has 1 aliphatic carbocycles. The van der Waals surface area contributed by atoms with Crippen LogP contribution in [0.4, 0.5) is 0 Å². The van der Waals surface area contributed by atoms with Gasteiger partial charge in [0.2, 0.25) is 0 Å². The number of ether oxygens (including phenoxy) is 1. The highest BCUT2D eigenvalue weighted by atomic mass is 16.5. The first-order valence-corrected chi connectivity index (χ1v) is 7.60. The smallest absolute Gasteiger partial charge is 0.0575 e. The van der Waals surface area contributed by atoms with Crippen LogP contribution in [0.15, 0.2) is 12.3 Å². The Bertz CT molecular complexity index is 358. The molecule has 0 bridgehead atoms. The van der Waals surface area contributed by atoms with E-state index in [2.05, 4.69) is 23.4 Å². The van der Waals surface area contributed by atoms with E-state index < -0.39 is 0 Å². The second-order valence-electron chi connectivity index (χ2n) is 5.54. The normalized spacial score (nSPS) is 18.6. The molecule has 4 nitrogen and oxygen atoms in total. The molecule has 1 heterocycles. The fourth-order valence-electron chi connectivity index (χ4n) is 2.79. The highest BCUT2D eigenvalue weighted by molar-refractivity contribution is 5.04. The molecule has 0 aliphatic heterocycles. The SMILES string of the molecule is CC(NCCCOC1CCCCC1)c1ccnn1C. The summed E-state index contributed by atoms with van der Waals surface area (Å²) in [7, 11) is 1.99. The van der Waals surface area contributed by atoms with Crippen LogP contribution >= 0.6 is 0 Å². The van der Waals surface area contributed by atoms with E-state index in [0.717, 1.165) is 19.6 Å². The van der Waals surface area contributed by atoms with Crippen molar-refractivity contribution in [2.45, 2.75) is 57.6 Å². The lowest BCUT2D eigenvalue weighted by Crippen LogP contribution is -2.24. The van der Waals surface area contributed by atoms with Gasteiger partial charge in [0, 0.05) is 25.9 Å². The highest BCUT2D eigenvalue weighted by Crippen LogP contribution is 2.20. The molecule has 4 heteroatoms. The average molecular weight is 265 g/mol. The first kappa shape index (κ1) is 14.5. The summed E-state index contributed by atoms with van der Waals surface area (Å²) in [4.78, 5) is 0. The Hall–Kier alpha value is -0.870. The van der Waals surface area contributed by atoms with Crippen molar-refractivity contribution < 1.29 is 4.74 Å². The molecule has 108 valence electrons. The van der Waals surface area contributed by atoms with Gasteiger partial charge in [-0.25, -0.2) is 0 Å². The summed E-state index contributed by atoms with van der Waals surface area (Å²) < 4.78 is 7.85. The van der Waals surface area contributed by atoms with Gasteiger partial charge >= 0.3 is 0 Å². The molecule has 1 unspecified atom stereocenters. The molecule has 19 heavy (non-hydrogen) atoms. The van der Waals surface area contributed by atoms with Crippen molar-refractivity contribution in [2.24, 2.45) is 7.05 Å². The molecule has 1 fully saturated rings. The first-order valence-electron chi connectivity index (χ1n) is 7.60. The minimum Gasteiger partial charge on any atom is -0.378 e.